The SMILES string of the molecule is C=CC1(CC(c2ccccc2)c2ccccc2)C=CC=CC1. The van der Waals surface area contributed by atoms with Crippen LogP contribution in [0.1, 0.15) is 29.9 Å². The highest BCUT2D eigenvalue weighted by atomic mass is 14.3. The van der Waals surface area contributed by atoms with Crippen LogP contribution >= 0.6 is 0 Å². The molecule has 0 spiro atoms. The number of hydrogen-bond donors (Lipinski definition) is 0. The first-order chi connectivity index (χ1) is 10.8. The van der Waals surface area contributed by atoms with Crippen LogP contribution in [0, 0.1) is 5.41 Å². The van der Waals surface area contributed by atoms with Crippen LogP contribution in [0.5, 0.6) is 0 Å². The highest BCUT2D eigenvalue weighted by Crippen LogP contribution is 2.42. The van der Waals surface area contributed by atoms with E-state index in [1.54, 1.807) is 0 Å². The molecule has 1 aliphatic carbocycles. The first-order valence-electron chi connectivity index (χ1n) is 7.91. The van der Waals surface area contributed by atoms with Gasteiger partial charge in [-0.25, -0.2) is 0 Å². The zero-order valence-corrected chi connectivity index (χ0v) is 12.9. The predicted octanol–water partition coefficient (Wildman–Crippen LogP) is 5.90. The van der Waals surface area contributed by atoms with Gasteiger partial charge in [-0.15, -0.1) is 6.58 Å². The molecule has 0 fully saturated rings. The minimum absolute atomic E-state index is 0.0467. The lowest BCUT2D eigenvalue weighted by Crippen LogP contribution is -2.20. The van der Waals surface area contributed by atoms with Gasteiger partial charge in [-0.3, -0.25) is 0 Å². The predicted molar refractivity (Wildman–Crippen MR) is 94.9 cm³/mol. The van der Waals surface area contributed by atoms with Crippen LogP contribution in [0.3, 0.4) is 0 Å². The molecule has 110 valence electrons. The lowest BCUT2D eigenvalue weighted by atomic mass is 9.71. The Hall–Kier alpha value is -2.34. The standard InChI is InChI=1S/C22H22/c1-2-22(16-10-5-11-17-22)18-21(19-12-6-3-7-13-19)20-14-8-4-9-15-20/h2-16,21H,1,17-18H2. The largest absolute Gasteiger partial charge is 0.102 e. The number of allylic oxidation sites excluding steroid dienone is 5. The summed E-state index contributed by atoms with van der Waals surface area (Å²) in [6.07, 6.45) is 13.0. The second-order valence-corrected chi connectivity index (χ2v) is 6.01. The summed E-state index contributed by atoms with van der Waals surface area (Å²) in [6, 6.07) is 21.6. The third-order valence-electron chi connectivity index (χ3n) is 4.57. The van der Waals surface area contributed by atoms with Crippen molar-refractivity contribution in [3.05, 3.63) is 109 Å². The van der Waals surface area contributed by atoms with Gasteiger partial charge in [0.05, 0.1) is 0 Å². The van der Waals surface area contributed by atoms with Crippen LogP contribution < -0.4 is 0 Å². The van der Waals surface area contributed by atoms with Crippen LogP contribution in [0.4, 0.5) is 0 Å². The Labute approximate surface area is 133 Å². The van der Waals surface area contributed by atoms with Gasteiger partial charge in [0.2, 0.25) is 0 Å². The van der Waals surface area contributed by atoms with Crippen LogP contribution in [0.2, 0.25) is 0 Å². The van der Waals surface area contributed by atoms with Gasteiger partial charge in [0, 0.05) is 11.3 Å². The van der Waals surface area contributed by atoms with Crippen molar-refractivity contribution in [2.75, 3.05) is 0 Å². The maximum Gasteiger partial charge on any atom is 0.0105 e. The summed E-state index contributed by atoms with van der Waals surface area (Å²) in [5.74, 6) is 0.386. The summed E-state index contributed by atoms with van der Waals surface area (Å²) in [7, 11) is 0. The third kappa shape index (κ3) is 3.12. The highest BCUT2D eigenvalue weighted by Gasteiger charge is 2.29. The Bertz CT molecular complexity index is 624. The Morgan fingerprint density at radius 2 is 1.50 bits per heavy atom. The molecule has 3 rings (SSSR count). The van der Waals surface area contributed by atoms with E-state index in [1.165, 1.54) is 11.1 Å². The van der Waals surface area contributed by atoms with E-state index in [-0.39, 0.29) is 5.41 Å². The summed E-state index contributed by atoms with van der Waals surface area (Å²) < 4.78 is 0. The minimum Gasteiger partial charge on any atom is -0.102 e. The Kier molecular flexibility index (Phi) is 4.39. The molecule has 0 amide bonds. The maximum absolute atomic E-state index is 4.11. The van der Waals surface area contributed by atoms with Gasteiger partial charge in [0.25, 0.3) is 0 Å². The molecule has 0 N–H and O–H groups in total. The van der Waals surface area contributed by atoms with E-state index in [1.807, 2.05) is 0 Å². The molecule has 1 unspecified atom stereocenters. The summed E-state index contributed by atoms with van der Waals surface area (Å²) in [6.45, 7) is 4.11. The van der Waals surface area contributed by atoms with E-state index in [9.17, 15) is 0 Å². The molecule has 1 atom stereocenters. The van der Waals surface area contributed by atoms with Crippen LogP contribution in [-0.4, -0.2) is 0 Å². The summed E-state index contributed by atoms with van der Waals surface area (Å²) >= 11 is 0. The van der Waals surface area contributed by atoms with Crippen LogP contribution in [0.25, 0.3) is 0 Å². The van der Waals surface area contributed by atoms with Crippen molar-refractivity contribution >= 4 is 0 Å². The van der Waals surface area contributed by atoms with Crippen molar-refractivity contribution in [3.63, 3.8) is 0 Å². The lowest BCUT2D eigenvalue weighted by molar-refractivity contribution is 0.426. The smallest absolute Gasteiger partial charge is 0.0105 e. The molecule has 0 nitrogen and oxygen atoms in total. The van der Waals surface area contributed by atoms with Gasteiger partial charge in [-0.05, 0) is 24.0 Å². The molecule has 0 aromatic heterocycles. The van der Waals surface area contributed by atoms with Crippen molar-refractivity contribution in [2.24, 2.45) is 5.41 Å². The van der Waals surface area contributed by atoms with E-state index in [0.717, 1.165) is 12.8 Å². The summed E-state index contributed by atoms with van der Waals surface area (Å²) in [4.78, 5) is 0. The van der Waals surface area contributed by atoms with Gasteiger partial charge < -0.3 is 0 Å². The number of hydrogen-bond acceptors (Lipinski definition) is 0. The second-order valence-electron chi connectivity index (χ2n) is 6.01. The molecule has 1 aliphatic rings. The van der Waals surface area contributed by atoms with Gasteiger partial charge in [-0.2, -0.15) is 0 Å². The molecule has 0 saturated heterocycles. The van der Waals surface area contributed by atoms with Crippen molar-refractivity contribution in [1.29, 1.82) is 0 Å². The molecule has 0 bridgehead atoms. The Balaban J connectivity index is 1.98. The van der Waals surface area contributed by atoms with Gasteiger partial charge in [0.1, 0.15) is 0 Å². The topological polar surface area (TPSA) is 0 Å². The fraction of sp³-hybridized carbons (Fsp3) is 0.182. The van der Waals surface area contributed by atoms with Crippen molar-refractivity contribution in [1.82, 2.24) is 0 Å². The molecular formula is C22H22. The average Bonchev–Trinajstić information content (AvgIpc) is 2.62. The molecule has 2 aromatic rings. The van der Waals surface area contributed by atoms with E-state index < -0.39 is 0 Å². The first-order valence-corrected chi connectivity index (χ1v) is 7.91. The minimum atomic E-state index is 0.0467. The average molecular weight is 286 g/mol. The molecule has 0 heterocycles. The molecule has 0 heteroatoms. The zero-order valence-electron chi connectivity index (χ0n) is 12.9. The van der Waals surface area contributed by atoms with Crippen molar-refractivity contribution < 1.29 is 0 Å². The van der Waals surface area contributed by atoms with E-state index >= 15 is 0 Å². The fourth-order valence-corrected chi connectivity index (χ4v) is 3.25. The molecular weight excluding hydrogens is 264 g/mol. The zero-order chi connectivity index (χ0) is 15.3. The quantitative estimate of drug-likeness (QED) is 0.600. The third-order valence-corrected chi connectivity index (χ3v) is 4.57. The Morgan fingerprint density at radius 3 is 1.95 bits per heavy atom. The lowest BCUT2D eigenvalue weighted by Gasteiger charge is -2.32. The number of benzene rings is 2. The van der Waals surface area contributed by atoms with Gasteiger partial charge >= 0.3 is 0 Å². The van der Waals surface area contributed by atoms with Crippen molar-refractivity contribution in [2.45, 2.75) is 18.8 Å². The van der Waals surface area contributed by atoms with E-state index in [4.69, 9.17) is 0 Å². The maximum atomic E-state index is 4.11. The van der Waals surface area contributed by atoms with Gasteiger partial charge in [0.15, 0.2) is 0 Å². The molecule has 0 radical (unpaired) electrons. The normalized spacial score (nSPS) is 20.2. The first kappa shape index (κ1) is 14.6. The fourth-order valence-electron chi connectivity index (χ4n) is 3.25. The molecule has 0 saturated carbocycles. The number of rotatable bonds is 5. The van der Waals surface area contributed by atoms with Crippen LogP contribution in [0.15, 0.2) is 97.6 Å². The highest BCUT2D eigenvalue weighted by molar-refractivity contribution is 5.35. The van der Waals surface area contributed by atoms with Gasteiger partial charge in [-0.1, -0.05) is 91.0 Å². The Morgan fingerprint density at radius 1 is 0.909 bits per heavy atom. The van der Waals surface area contributed by atoms with E-state index in [2.05, 4.69) is 97.6 Å². The van der Waals surface area contributed by atoms with Crippen molar-refractivity contribution in [3.8, 4) is 0 Å². The molecule has 0 aliphatic heterocycles. The summed E-state index contributed by atoms with van der Waals surface area (Å²) in [5, 5.41) is 0. The second kappa shape index (κ2) is 6.62. The van der Waals surface area contributed by atoms with Crippen LogP contribution in [-0.2, 0) is 0 Å². The van der Waals surface area contributed by atoms with E-state index in [0.29, 0.717) is 5.92 Å². The monoisotopic (exact) mass is 286 g/mol. The molecule has 22 heavy (non-hydrogen) atoms. The molecule has 2 aromatic carbocycles. The summed E-state index contributed by atoms with van der Waals surface area (Å²) in [5.41, 5.74) is 2.79.